The van der Waals surface area contributed by atoms with Gasteiger partial charge in [-0.3, -0.25) is 4.79 Å². The van der Waals surface area contributed by atoms with Gasteiger partial charge in [0.05, 0.1) is 0 Å². The zero-order chi connectivity index (χ0) is 16.7. The topological polar surface area (TPSA) is 107 Å². The average molecular weight is 314 g/mol. The molecule has 0 saturated carbocycles. The molecule has 0 bridgehead atoms. The number of ether oxygens (including phenoxy) is 1. The Bertz CT molecular complexity index is 676. The van der Waals surface area contributed by atoms with Crippen LogP contribution in [0.15, 0.2) is 42.7 Å². The molecule has 1 aromatic heterocycles. The largest absolute Gasteiger partial charge is 0.451 e. The van der Waals surface area contributed by atoms with E-state index in [2.05, 4.69) is 15.3 Å². The van der Waals surface area contributed by atoms with Crippen LogP contribution in [0.25, 0.3) is 0 Å². The summed E-state index contributed by atoms with van der Waals surface area (Å²) in [7, 11) is 0. The van der Waals surface area contributed by atoms with Gasteiger partial charge in [0, 0.05) is 18.9 Å². The van der Waals surface area contributed by atoms with E-state index in [1.165, 1.54) is 12.4 Å². The number of nitrogens with zero attached hydrogens (tertiary/aromatic N) is 2. The number of nitrogens with two attached hydrogens (primary N) is 1. The predicted molar refractivity (Wildman–Crippen MR) is 84.6 cm³/mol. The number of nitrogens with one attached hydrogen (secondary N) is 1. The van der Waals surface area contributed by atoms with Crippen molar-refractivity contribution in [1.29, 1.82) is 0 Å². The van der Waals surface area contributed by atoms with Crippen LogP contribution in [0.2, 0.25) is 0 Å². The molecule has 0 saturated heterocycles. The van der Waals surface area contributed by atoms with Crippen molar-refractivity contribution in [2.24, 2.45) is 0 Å². The third-order valence-electron chi connectivity index (χ3n) is 3.23. The van der Waals surface area contributed by atoms with Crippen molar-refractivity contribution in [1.82, 2.24) is 15.3 Å². The number of aromatic nitrogens is 2. The Labute approximate surface area is 133 Å². The molecule has 1 atom stereocenters. The number of rotatable bonds is 6. The fraction of sp³-hybridized carbons (Fsp3) is 0.250. The second-order valence-electron chi connectivity index (χ2n) is 4.98. The quantitative estimate of drug-likeness (QED) is 0.774. The molecular weight excluding hydrogens is 296 g/mol. The highest BCUT2D eigenvalue weighted by Crippen LogP contribution is 2.12. The summed E-state index contributed by atoms with van der Waals surface area (Å²) in [5.41, 5.74) is 6.54. The van der Waals surface area contributed by atoms with Crippen molar-refractivity contribution in [2.45, 2.75) is 12.8 Å². The van der Waals surface area contributed by atoms with Gasteiger partial charge in [0.25, 0.3) is 5.91 Å². The van der Waals surface area contributed by atoms with Crippen LogP contribution in [0.3, 0.4) is 0 Å². The van der Waals surface area contributed by atoms with Gasteiger partial charge in [0.2, 0.25) is 0 Å². The first kappa shape index (κ1) is 16.4. The lowest BCUT2D eigenvalue weighted by Crippen LogP contribution is -2.32. The van der Waals surface area contributed by atoms with Crippen LogP contribution in [0.4, 0.5) is 5.82 Å². The Kier molecular flexibility index (Phi) is 5.62. The average Bonchev–Trinajstić information content (AvgIpc) is 2.58. The lowest BCUT2D eigenvalue weighted by atomic mass is 10.0. The minimum atomic E-state index is -0.776. The van der Waals surface area contributed by atoms with E-state index < -0.39 is 12.6 Å². The van der Waals surface area contributed by atoms with Gasteiger partial charge in [0.1, 0.15) is 0 Å². The van der Waals surface area contributed by atoms with Gasteiger partial charge in [-0.25, -0.2) is 14.8 Å². The van der Waals surface area contributed by atoms with Crippen molar-refractivity contribution in [3.63, 3.8) is 0 Å². The smallest absolute Gasteiger partial charge is 0.361 e. The van der Waals surface area contributed by atoms with Gasteiger partial charge >= 0.3 is 5.97 Å². The molecule has 120 valence electrons. The van der Waals surface area contributed by atoms with E-state index in [1.807, 2.05) is 37.3 Å². The zero-order valence-electron chi connectivity index (χ0n) is 12.7. The molecule has 0 aliphatic carbocycles. The molecule has 3 N–H and O–H groups in total. The highest BCUT2D eigenvalue weighted by Gasteiger charge is 2.15. The van der Waals surface area contributed by atoms with E-state index in [-0.39, 0.29) is 23.3 Å². The van der Waals surface area contributed by atoms with Gasteiger partial charge in [-0.1, -0.05) is 37.3 Å². The molecule has 0 aliphatic heterocycles. The van der Waals surface area contributed by atoms with Gasteiger partial charge < -0.3 is 15.8 Å². The van der Waals surface area contributed by atoms with Crippen LogP contribution in [0.5, 0.6) is 0 Å². The highest BCUT2D eigenvalue weighted by atomic mass is 16.5. The maximum Gasteiger partial charge on any atom is 0.361 e. The van der Waals surface area contributed by atoms with E-state index in [9.17, 15) is 9.59 Å². The van der Waals surface area contributed by atoms with Gasteiger partial charge in [-0.15, -0.1) is 0 Å². The van der Waals surface area contributed by atoms with Gasteiger partial charge in [0.15, 0.2) is 18.1 Å². The molecule has 0 fully saturated rings. The van der Waals surface area contributed by atoms with E-state index in [4.69, 9.17) is 10.5 Å². The SMILES string of the molecule is C[C@H](CNC(=O)COC(=O)c1nccnc1N)c1ccccc1. The minimum Gasteiger partial charge on any atom is -0.451 e. The summed E-state index contributed by atoms with van der Waals surface area (Å²) in [6, 6.07) is 9.81. The van der Waals surface area contributed by atoms with Gasteiger partial charge in [-0.05, 0) is 11.5 Å². The first-order chi connectivity index (χ1) is 11.1. The molecule has 7 heteroatoms. The monoisotopic (exact) mass is 314 g/mol. The molecule has 1 heterocycles. The van der Waals surface area contributed by atoms with Crippen molar-refractivity contribution < 1.29 is 14.3 Å². The standard InChI is InChI=1S/C16H18N4O3/c1-11(12-5-3-2-4-6-12)9-20-13(21)10-23-16(22)14-15(17)19-8-7-18-14/h2-8,11H,9-10H2,1H3,(H2,17,19)(H,20,21)/t11-/m1/s1. The third kappa shape index (κ3) is 4.77. The maximum atomic E-state index is 11.7. The molecule has 2 rings (SSSR count). The maximum absolute atomic E-state index is 11.7. The molecule has 0 unspecified atom stereocenters. The number of carbonyl (C=O) groups excluding carboxylic acids is 2. The lowest BCUT2D eigenvalue weighted by molar-refractivity contribution is -0.124. The van der Waals surface area contributed by atoms with Crippen molar-refractivity contribution >= 4 is 17.7 Å². The minimum absolute atomic E-state index is 0.0318. The first-order valence-corrected chi connectivity index (χ1v) is 7.13. The molecule has 2 aromatic rings. The number of amides is 1. The fourth-order valence-electron chi connectivity index (χ4n) is 1.92. The summed E-state index contributed by atoms with van der Waals surface area (Å²) in [4.78, 5) is 31.0. The van der Waals surface area contributed by atoms with Crippen molar-refractivity contribution in [2.75, 3.05) is 18.9 Å². The van der Waals surface area contributed by atoms with E-state index in [1.54, 1.807) is 0 Å². The van der Waals surface area contributed by atoms with Crippen molar-refractivity contribution in [3.05, 3.63) is 54.0 Å². The number of hydrogen-bond acceptors (Lipinski definition) is 6. The number of hydrogen-bond donors (Lipinski definition) is 2. The summed E-state index contributed by atoms with van der Waals surface area (Å²) in [6.07, 6.45) is 2.69. The summed E-state index contributed by atoms with van der Waals surface area (Å²) in [6.45, 7) is 2.06. The molecule has 1 aromatic carbocycles. The second kappa shape index (κ2) is 7.88. The van der Waals surface area contributed by atoms with E-state index in [0.717, 1.165) is 5.56 Å². The van der Waals surface area contributed by atoms with Crippen LogP contribution in [0, 0.1) is 0 Å². The summed E-state index contributed by atoms with van der Waals surface area (Å²) in [5, 5.41) is 2.72. The Morgan fingerprint density at radius 3 is 2.61 bits per heavy atom. The molecule has 23 heavy (non-hydrogen) atoms. The number of carbonyl (C=O) groups is 2. The Hall–Kier alpha value is -2.96. The summed E-state index contributed by atoms with van der Waals surface area (Å²) in [5.74, 6) is -1.03. The molecule has 1 amide bonds. The summed E-state index contributed by atoms with van der Waals surface area (Å²) < 4.78 is 4.88. The van der Waals surface area contributed by atoms with E-state index >= 15 is 0 Å². The van der Waals surface area contributed by atoms with E-state index in [0.29, 0.717) is 6.54 Å². The number of esters is 1. The van der Waals surface area contributed by atoms with Crippen LogP contribution in [-0.2, 0) is 9.53 Å². The number of anilines is 1. The number of nitrogen functional groups attached to an aromatic ring is 1. The fourth-order valence-corrected chi connectivity index (χ4v) is 1.92. The molecular formula is C16H18N4O3. The van der Waals surface area contributed by atoms with Crippen LogP contribution < -0.4 is 11.1 Å². The third-order valence-corrected chi connectivity index (χ3v) is 3.23. The van der Waals surface area contributed by atoms with Gasteiger partial charge in [-0.2, -0.15) is 0 Å². The Morgan fingerprint density at radius 2 is 1.91 bits per heavy atom. The molecule has 0 radical (unpaired) electrons. The molecule has 0 aliphatic rings. The second-order valence-corrected chi connectivity index (χ2v) is 4.98. The first-order valence-electron chi connectivity index (χ1n) is 7.13. The van der Waals surface area contributed by atoms with Crippen LogP contribution in [0.1, 0.15) is 28.9 Å². The summed E-state index contributed by atoms with van der Waals surface area (Å²) >= 11 is 0. The Morgan fingerprint density at radius 1 is 1.22 bits per heavy atom. The van der Waals surface area contributed by atoms with Crippen molar-refractivity contribution in [3.8, 4) is 0 Å². The lowest BCUT2D eigenvalue weighted by Gasteiger charge is -2.13. The predicted octanol–water partition coefficient (Wildman–Crippen LogP) is 1.14. The number of benzene rings is 1. The van der Waals surface area contributed by atoms with Crippen LogP contribution >= 0.6 is 0 Å². The highest BCUT2D eigenvalue weighted by molar-refractivity contribution is 5.93. The molecule has 0 spiro atoms. The molecule has 7 nitrogen and oxygen atoms in total. The Balaban J connectivity index is 1.77. The zero-order valence-corrected chi connectivity index (χ0v) is 12.7. The van der Waals surface area contributed by atoms with Crippen LogP contribution in [-0.4, -0.2) is 35.0 Å². The normalized spacial score (nSPS) is 11.5.